The number of urea groups is 1. The zero-order valence-corrected chi connectivity index (χ0v) is 10.6. The normalized spacial score (nSPS) is 9.94. The molecule has 0 aliphatic rings. The summed E-state index contributed by atoms with van der Waals surface area (Å²) in [4.78, 5) is 11.2. The van der Waals surface area contributed by atoms with Gasteiger partial charge in [0.1, 0.15) is 5.82 Å². The van der Waals surface area contributed by atoms with E-state index in [0.717, 1.165) is 10.9 Å². The summed E-state index contributed by atoms with van der Waals surface area (Å²) in [5.74, 6) is -0.320. The Kier molecular flexibility index (Phi) is 5.25. The predicted octanol–water partition coefficient (Wildman–Crippen LogP) is 2.80. The van der Waals surface area contributed by atoms with Gasteiger partial charge in [0, 0.05) is 23.1 Å². The molecule has 0 heterocycles. The lowest BCUT2D eigenvalue weighted by atomic mass is 10.2. The maximum absolute atomic E-state index is 13.3. The third-order valence-electron chi connectivity index (χ3n) is 1.98. The van der Waals surface area contributed by atoms with Gasteiger partial charge in [0.2, 0.25) is 0 Å². The van der Waals surface area contributed by atoms with Gasteiger partial charge in [-0.3, -0.25) is 0 Å². The van der Waals surface area contributed by atoms with Crippen LogP contribution in [0.1, 0.15) is 18.9 Å². The smallest absolute Gasteiger partial charge is 0.315 e. The van der Waals surface area contributed by atoms with Crippen molar-refractivity contribution >= 4 is 22.0 Å². The molecule has 1 aromatic carbocycles. The molecule has 0 fully saturated rings. The van der Waals surface area contributed by atoms with Crippen LogP contribution in [0.25, 0.3) is 0 Å². The molecule has 0 aliphatic heterocycles. The Bertz CT molecular complexity index is 371. The first-order valence-corrected chi connectivity index (χ1v) is 5.88. The van der Waals surface area contributed by atoms with Crippen LogP contribution in [-0.4, -0.2) is 12.6 Å². The maximum Gasteiger partial charge on any atom is 0.315 e. The third kappa shape index (κ3) is 4.18. The van der Waals surface area contributed by atoms with Crippen LogP contribution in [0.3, 0.4) is 0 Å². The first kappa shape index (κ1) is 13.0. The van der Waals surface area contributed by atoms with Gasteiger partial charge in [0.25, 0.3) is 0 Å². The molecular weight excluding hydrogens is 275 g/mol. The highest BCUT2D eigenvalue weighted by Gasteiger charge is 2.04. The monoisotopic (exact) mass is 288 g/mol. The average molecular weight is 289 g/mol. The number of hydrogen-bond donors (Lipinski definition) is 2. The molecule has 88 valence electrons. The van der Waals surface area contributed by atoms with Crippen molar-refractivity contribution in [3.05, 3.63) is 34.1 Å². The van der Waals surface area contributed by atoms with Crippen LogP contribution in [0, 0.1) is 5.82 Å². The van der Waals surface area contributed by atoms with Gasteiger partial charge in [-0.2, -0.15) is 0 Å². The van der Waals surface area contributed by atoms with Crippen molar-refractivity contribution in [2.45, 2.75) is 19.9 Å². The molecule has 1 rings (SSSR count). The quantitative estimate of drug-likeness (QED) is 0.879. The van der Waals surface area contributed by atoms with Crippen LogP contribution >= 0.6 is 15.9 Å². The van der Waals surface area contributed by atoms with E-state index in [9.17, 15) is 9.18 Å². The van der Waals surface area contributed by atoms with E-state index in [4.69, 9.17) is 0 Å². The van der Waals surface area contributed by atoms with Gasteiger partial charge in [0.05, 0.1) is 0 Å². The minimum Gasteiger partial charge on any atom is -0.338 e. The Morgan fingerprint density at radius 3 is 2.88 bits per heavy atom. The van der Waals surface area contributed by atoms with Gasteiger partial charge in [0.15, 0.2) is 0 Å². The maximum atomic E-state index is 13.3. The van der Waals surface area contributed by atoms with Gasteiger partial charge >= 0.3 is 6.03 Å². The Labute approximate surface area is 103 Å². The zero-order valence-electron chi connectivity index (χ0n) is 9.02. The fourth-order valence-electron chi connectivity index (χ4n) is 1.16. The van der Waals surface area contributed by atoms with Crippen molar-refractivity contribution in [3.8, 4) is 0 Å². The van der Waals surface area contributed by atoms with Crippen molar-refractivity contribution in [1.29, 1.82) is 0 Å². The molecule has 3 nitrogen and oxygen atoms in total. The molecule has 0 aromatic heterocycles. The topological polar surface area (TPSA) is 41.1 Å². The number of rotatable bonds is 4. The van der Waals surface area contributed by atoms with Crippen molar-refractivity contribution < 1.29 is 9.18 Å². The minimum atomic E-state index is -0.320. The van der Waals surface area contributed by atoms with Crippen LogP contribution < -0.4 is 10.6 Å². The summed E-state index contributed by atoms with van der Waals surface area (Å²) in [6.07, 6.45) is 0.874. The van der Waals surface area contributed by atoms with Crippen LogP contribution in [0.2, 0.25) is 0 Å². The molecule has 0 bridgehead atoms. The minimum absolute atomic E-state index is 0.181. The molecule has 0 aliphatic carbocycles. The number of halogens is 2. The molecule has 0 saturated carbocycles. The average Bonchev–Trinajstić information content (AvgIpc) is 2.27. The van der Waals surface area contributed by atoms with E-state index in [1.165, 1.54) is 6.07 Å². The molecule has 5 heteroatoms. The Hall–Kier alpha value is -1.10. The summed E-state index contributed by atoms with van der Waals surface area (Å²) in [7, 11) is 0. The summed E-state index contributed by atoms with van der Waals surface area (Å²) in [6, 6.07) is 4.36. The molecule has 16 heavy (non-hydrogen) atoms. The van der Waals surface area contributed by atoms with Gasteiger partial charge in [-0.05, 0) is 24.6 Å². The lowest BCUT2D eigenvalue weighted by molar-refractivity contribution is 0.240. The van der Waals surface area contributed by atoms with Gasteiger partial charge in [-0.1, -0.05) is 22.9 Å². The highest BCUT2D eigenvalue weighted by Crippen LogP contribution is 2.15. The summed E-state index contributed by atoms with van der Waals surface area (Å²) in [6.45, 7) is 2.77. The van der Waals surface area contributed by atoms with Crippen molar-refractivity contribution in [2.24, 2.45) is 0 Å². The van der Waals surface area contributed by atoms with Crippen molar-refractivity contribution in [2.75, 3.05) is 6.54 Å². The molecule has 2 N–H and O–H groups in total. The van der Waals surface area contributed by atoms with E-state index in [0.29, 0.717) is 12.1 Å². The predicted molar refractivity (Wildman–Crippen MR) is 64.6 cm³/mol. The molecule has 0 spiro atoms. The molecule has 0 unspecified atom stereocenters. The Morgan fingerprint density at radius 1 is 1.44 bits per heavy atom. The van der Waals surface area contributed by atoms with Crippen LogP contribution in [0.15, 0.2) is 22.7 Å². The van der Waals surface area contributed by atoms with E-state index in [2.05, 4.69) is 26.6 Å². The SMILES string of the molecule is CCCNC(=O)NCc1cc(Br)ccc1F. The van der Waals surface area contributed by atoms with Crippen molar-refractivity contribution in [3.63, 3.8) is 0 Å². The van der Waals surface area contributed by atoms with Gasteiger partial charge in [-0.15, -0.1) is 0 Å². The number of nitrogens with one attached hydrogen (secondary N) is 2. The van der Waals surface area contributed by atoms with E-state index >= 15 is 0 Å². The number of carbonyl (C=O) groups is 1. The molecule has 2 amide bonds. The lowest BCUT2D eigenvalue weighted by Crippen LogP contribution is -2.35. The van der Waals surface area contributed by atoms with Crippen LogP contribution in [0.5, 0.6) is 0 Å². The standard InChI is InChI=1S/C11H14BrFN2O/c1-2-5-14-11(16)15-7-8-6-9(12)3-4-10(8)13/h3-4,6H,2,5,7H2,1H3,(H2,14,15,16). The first-order valence-electron chi connectivity index (χ1n) is 5.09. The molecule has 0 radical (unpaired) electrons. The number of carbonyl (C=O) groups excluding carboxylic acids is 1. The van der Waals surface area contributed by atoms with Crippen molar-refractivity contribution in [1.82, 2.24) is 10.6 Å². The first-order chi connectivity index (χ1) is 7.63. The van der Waals surface area contributed by atoms with Crippen LogP contribution in [0.4, 0.5) is 9.18 Å². The summed E-state index contributed by atoms with van der Waals surface area (Å²) in [5, 5.41) is 5.24. The van der Waals surface area contributed by atoms with E-state index in [-0.39, 0.29) is 18.4 Å². The second kappa shape index (κ2) is 6.48. The molecule has 0 saturated heterocycles. The van der Waals surface area contributed by atoms with Gasteiger partial charge in [-0.25, -0.2) is 9.18 Å². The Morgan fingerprint density at radius 2 is 2.19 bits per heavy atom. The summed E-state index contributed by atoms with van der Waals surface area (Å²) in [5.41, 5.74) is 0.459. The van der Waals surface area contributed by atoms with Gasteiger partial charge < -0.3 is 10.6 Å². The number of hydrogen-bond acceptors (Lipinski definition) is 1. The highest BCUT2D eigenvalue weighted by molar-refractivity contribution is 9.10. The largest absolute Gasteiger partial charge is 0.338 e. The van der Waals surface area contributed by atoms with Crippen LogP contribution in [-0.2, 0) is 6.54 Å². The molecular formula is C11H14BrFN2O. The van der Waals surface area contributed by atoms with E-state index in [1.807, 2.05) is 6.92 Å². The second-order valence-corrected chi connectivity index (χ2v) is 4.26. The Balaban J connectivity index is 2.47. The second-order valence-electron chi connectivity index (χ2n) is 3.35. The summed E-state index contributed by atoms with van der Waals surface area (Å²) < 4.78 is 14.1. The zero-order chi connectivity index (χ0) is 12.0. The lowest BCUT2D eigenvalue weighted by Gasteiger charge is -2.07. The third-order valence-corrected chi connectivity index (χ3v) is 2.48. The number of benzene rings is 1. The fourth-order valence-corrected chi connectivity index (χ4v) is 1.56. The molecule has 0 atom stereocenters. The summed E-state index contributed by atoms with van der Waals surface area (Å²) >= 11 is 3.25. The fraction of sp³-hybridized carbons (Fsp3) is 0.364. The molecule has 1 aromatic rings. The number of amides is 2. The highest BCUT2D eigenvalue weighted by atomic mass is 79.9. The van der Waals surface area contributed by atoms with E-state index < -0.39 is 0 Å². The van der Waals surface area contributed by atoms with E-state index in [1.54, 1.807) is 12.1 Å².